The lowest BCUT2D eigenvalue weighted by Crippen LogP contribution is -2.15. The molecule has 2 heterocycles. The highest BCUT2D eigenvalue weighted by Gasteiger charge is 2.13. The van der Waals surface area contributed by atoms with E-state index in [0.29, 0.717) is 29.9 Å². The second kappa shape index (κ2) is 6.98. The quantitative estimate of drug-likeness (QED) is 0.722. The van der Waals surface area contributed by atoms with Crippen molar-refractivity contribution in [2.45, 2.75) is 10.9 Å². The van der Waals surface area contributed by atoms with Gasteiger partial charge in [-0.1, -0.05) is 48.2 Å². The minimum Gasteiger partial charge on any atom is -0.486 e. The molecule has 126 valence electrons. The van der Waals surface area contributed by atoms with E-state index in [-0.39, 0.29) is 5.95 Å². The van der Waals surface area contributed by atoms with E-state index in [9.17, 15) is 0 Å². The second-order valence-corrected chi connectivity index (χ2v) is 6.38. The smallest absolute Gasteiger partial charge is 0.224 e. The number of nitrogen functional groups attached to an aromatic ring is 1. The molecule has 25 heavy (non-hydrogen) atoms. The molecule has 0 fully saturated rings. The molecule has 0 saturated carbocycles. The summed E-state index contributed by atoms with van der Waals surface area (Å²) in [7, 11) is 0. The van der Waals surface area contributed by atoms with Crippen LogP contribution >= 0.6 is 11.8 Å². The predicted molar refractivity (Wildman–Crippen MR) is 96.7 cm³/mol. The molecular weight excluding hydrogens is 336 g/mol. The number of benzene rings is 2. The van der Waals surface area contributed by atoms with Gasteiger partial charge in [0.25, 0.3) is 0 Å². The second-order valence-electron chi connectivity index (χ2n) is 5.43. The highest BCUT2D eigenvalue weighted by atomic mass is 32.2. The third-order valence-corrected chi connectivity index (χ3v) is 4.56. The SMILES string of the molecule is Nc1nc(SCc2ccc3c(c2)OCCO3)nc(-c2ccccc2)n1. The molecule has 0 unspecified atom stereocenters. The van der Waals surface area contributed by atoms with Gasteiger partial charge in [-0.3, -0.25) is 0 Å². The van der Waals surface area contributed by atoms with Gasteiger partial charge in [-0.15, -0.1) is 0 Å². The lowest BCUT2D eigenvalue weighted by Gasteiger charge is -2.18. The van der Waals surface area contributed by atoms with Gasteiger partial charge in [-0.2, -0.15) is 9.97 Å². The molecule has 0 atom stereocenters. The van der Waals surface area contributed by atoms with E-state index < -0.39 is 0 Å². The maximum Gasteiger partial charge on any atom is 0.224 e. The average Bonchev–Trinajstić information content (AvgIpc) is 2.66. The topological polar surface area (TPSA) is 83.2 Å². The Labute approximate surface area is 149 Å². The van der Waals surface area contributed by atoms with E-state index >= 15 is 0 Å². The summed E-state index contributed by atoms with van der Waals surface area (Å²) < 4.78 is 11.2. The van der Waals surface area contributed by atoms with Crippen molar-refractivity contribution in [2.75, 3.05) is 18.9 Å². The fraction of sp³-hybridized carbons (Fsp3) is 0.167. The average molecular weight is 352 g/mol. The highest BCUT2D eigenvalue weighted by molar-refractivity contribution is 7.98. The summed E-state index contributed by atoms with van der Waals surface area (Å²) in [5, 5.41) is 0.598. The Kier molecular flexibility index (Phi) is 4.39. The molecule has 3 aromatic rings. The first-order chi connectivity index (χ1) is 12.3. The van der Waals surface area contributed by atoms with Crippen molar-refractivity contribution in [3.63, 3.8) is 0 Å². The van der Waals surface area contributed by atoms with Gasteiger partial charge in [0.1, 0.15) is 13.2 Å². The number of aromatic nitrogens is 3. The molecule has 1 aliphatic rings. The van der Waals surface area contributed by atoms with E-state index in [1.54, 1.807) is 0 Å². The molecule has 0 amide bonds. The van der Waals surface area contributed by atoms with Crippen molar-refractivity contribution in [3.8, 4) is 22.9 Å². The molecule has 0 bridgehead atoms. The van der Waals surface area contributed by atoms with E-state index in [0.717, 1.165) is 22.6 Å². The van der Waals surface area contributed by atoms with Crippen LogP contribution < -0.4 is 15.2 Å². The van der Waals surface area contributed by atoms with Gasteiger partial charge in [0.05, 0.1) is 0 Å². The van der Waals surface area contributed by atoms with E-state index in [2.05, 4.69) is 15.0 Å². The summed E-state index contributed by atoms with van der Waals surface area (Å²) >= 11 is 1.51. The molecule has 1 aliphatic heterocycles. The standard InChI is InChI=1S/C18H16N4O2S/c19-17-20-16(13-4-2-1-3-5-13)21-18(22-17)25-11-12-6-7-14-15(10-12)24-9-8-23-14/h1-7,10H,8-9,11H2,(H2,19,20,21,22). The molecule has 0 aliphatic carbocycles. The van der Waals surface area contributed by atoms with Gasteiger partial charge < -0.3 is 15.2 Å². The Bertz CT molecular complexity index is 889. The summed E-state index contributed by atoms with van der Waals surface area (Å²) in [5.74, 6) is 3.07. The largest absolute Gasteiger partial charge is 0.486 e. The third-order valence-electron chi connectivity index (χ3n) is 3.64. The van der Waals surface area contributed by atoms with E-state index in [4.69, 9.17) is 15.2 Å². The minimum absolute atomic E-state index is 0.221. The fourth-order valence-electron chi connectivity index (χ4n) is 2.48. The maximum absolute atomic E-state index is 5.84. The number of fused-ring (bicyclic) bond motifs is 1. The van der Waals surface area contributed by atoms with E-state index in [1.165, 1.54) is 11.8 Å². The van der Waals surface area contributed by atoms with Crippen molar-refractivity contribution in [1.82, 2.24) is 15.0 Å². The highest BCUT2D eigenvalue weighted by Crippen LogP contribution is 2.32. The van der Waals surface area contributed by atoms with Crippen LogP contribution in [0.2, 0.25) is 0 Å². The molecular formula is C18H16N4O2S. The third kappa shape index (κ3) is 3.66. The van der Waals surface area contributed by atoms with Crippen LogP contribution in [0.5, 0.6) is 11.5 Å². The fourth-order valence-corrected chi connectivity index (χ4v) is 3.26. The van der Waals surface area contributed by atoms with Crippen LogP contribution in [0.1, 0.15) is 5.56 Å². The number of nitrogens with zero attached hydrogens (tertiary/aromatic N) is 3. The number of anilines is 1. The summed E-state index contributed by atoms with van der Waals surface area (Å²) in [4.78, 5) is 13.0. The normalized spacial score (nSPS) is 12.8. The van der Waals surface area contributed by atoms with Crippen LogP contribution in [0, 0.1) is 0 Å². The zero-order valence-corrected chi connectivity index (χ0v) is 14.2. The molecule has 2 aromatic carbocycles. The van der Waals surface area contributed by atoms with E-state index in [1.807, 2.05) is 48.5 Å². The van der Waals surface area contributed by atoms with Crippen molar-refractivity contribution in [1.29, 1.82) is 0 Å². The lowest BCUT2D eigenvalue weighted by molar-refractivity contribution is 0.171. The monoisotopic (exact) mass is 352 g/mol. The zero-order chi connectivity index (χ0) is 17.1. The number of hydrogen-bond donors (Lipinski definition) is 1. The summed E-state index contributed by atoms with van der Waals surface area (Å²) in [6.07, 6.45) is 0. The molecule has 4 rings (SSSR count). The summed E-state index contributed by atoms with van der Waals surface area (Å²) in [6, 6.07) is 15.7. The van der Waals surface area contributed by atoms with Crippen molar-refractivity contribution in [2.24, 2.45) is 0 Å². The van der Waals surface area contributed by atoms with Gasteiger partial charge in [0, 0.05) is 11.3 Å². The number of hydrogen-bond acceptors (Lipinski definition) is 7. The molecule has 6 nitrogen and oxygen atoms in total. The molecule has 2 N–H and O–H groups in total. The maximum atomic E-state index is 5.84. The van der Waals surface area contributed by atoms with Crippen LogP contribution in [0.3, 0.4) is 0 Å². The van der Waals surface area contributed by atoms with Gasteiger partial charge in [0.15, 0.2) is 22.5 Å². The predicted octanol–water partition coefficient (Wildman–Crippen LogP) is 3.18. The summed E-state index contributed by atoms with van der Waals surface area (Å²) in [5.41, 5.74) is 7.87. The Hall–Kier alpha value is -2.80. The molecule has 7 heteroatoms. The molecule has 0 saturated heterocycles. The number of nitrogens with two attached hydrogens (primary N) is 1. The minimum atomic E-state index is 0.221. The van der Waals surface area contributed by atoms with Crippen molar-refractivity contribution < 1.29 is 9.47 Å². The van der Waals surface area contributed by atoms with Crippen molar-refractivity contribution in [3.05, 3.63) is 54.1 Å². The van der Waals surface area contributed by atoms with Crippen LogP contribution in [0.4, 0.5) is 5.95 Å². The summed E-state index contributed by atoms with van der Waals surface area (Å²) in [6.45, 7) is 1.17. The number of ether oxygens (including phenoxy) is 2. The van der Waals surface area contributed by atoms with Crippen LogP contribution in [-0.4, -0.2) is 28.2 Å². The first kappa shape index (κ1) is 15.7. The van der Waals surface area contributed by atoms with Gasteiger partial charge >= 0.3 is 0 Å². The Morgan fingerprint density at radius 1 is 0.920 bits per heavy atom. The Balaban J connectivity index is 1.52. The Morgan fingerprint density at radius 2 is 1.72 bits per heavy atom. The van der Waals surface area contributed by atoms with Crippen LogP contribution in [0.25, 0.3) is 11.4 Å². The number of thioether (sulfide) groups is 1. The lowest BCUT2D eigenvalue weighted by atomic mass is 10.2. The van der Waals surface area contributed by atoms with Crippen LogP contribution in [0.15, 0.2) is 53.7 Å². The first-order valence-corrected chi connectivity index (χ1v) is 8.85. The first-order valence-electron chi connectivity index (χ1n) is 7.86. The molecule has 1 aromatic heterocycles. The number of rotatable bonds is 4. The van der Waals surface area contributed by atoms with Crippen LogP contribution in [-0.2, 0) is 5.75 Å². The van der Waals surface area contributed by atoms with Gasteiger partial charge in [-0.05, 0) is 17.7 Å². The van der Waals surface area contributed by atoms with Gasteiger partial charge in [0.2, 0.25) is 5.95 Å². The molecule has 0 spiro atoms. The molecule has 0 radical (unpaired) electrons. The zero-order valence-electron chi connectivity index (χ0n) is 13.4. The van der Waals surface area contributed by atoms with Gasteiger partial charge in [-0.25, -0.2) is 4.98 Å². The Morgan fingerprint density at radius 3 is 2.56 bits per heavy atom. The van der Waals surface area contributed by atoms with Crippen molar-refractivity contribution >= 4 is 17.7 Å².